The van der Waals surface area contributed by atoms with Crippen LogP contribution in [0, 0.1) is 0 Å². The molecule has 3 aromatic rings. The minimum absolute atomic E-state index is 0.0216. The van der Waals surface area contributed by atoms with Crippen LogP contribution in [0.4, 0.5) is 5.69 Å². The lowest BCUT2D eigenvalue weighted by molar-refractivity contribution is -0.117. The Bertz CT molecular complexity index is 1150. The Labute approximate surface area is 177 Å². The van der Waals surface area contributed by atoms with Gasteiger partial charge in [-0.05, 0) is 55.0 Å². The molecule has 2 amide bonds. The van der Waals surface area contributed by atoms with Crippen LogP contribution in [0.15, 0.2) is 76.9 Å². The summed E-state index contributed by atoms with van der Waals surface area (Å²) in [5.74, 6) is -1.10. The number of esters is 1. The maximum atomic E-state index is 12.7. The molecule has 0 atom stereocenters. The fraction of sp³-hybridized carbons (Fsp3) is 0.0870. The molecule has 0 saturated carbocycles. The summed E-state index contributed by atoms with van der Waals surface area (Å²) in [6.45, 7) is 2.11. The van der Waals surface area contributed by atoms with Crippen LogP contribution in [0.2, 0.25) is 0 Å². The van der Waals surface area contributed by atoms with Crippen molar-refractivity contribution in [2.75, 3.05) is 11.6 Å². The third kappa shape index (κ3) is 4.18. The molecule has 8 nitrogen and oxygen atoms in total. The molecule has 0 aliphatic carbocycles. The van der Waals surface area contributed by atoms with E-state index >= 15 is 0 Å². The quantitative estimate of drug-likeness (QED) is 0.285. The number of rotatable bonds is 6. The first kappa shape index (κ1) is 20.0. The summed E-state index contributed by atoms with van der Waals surface area (Å²) < 4.78 is 16.0. The second-order valence-electron chi connectivity index (χ2n) is 6.48. The normalized spacial score (nSPS) is 14.6. The zero-order valence-electron chi connectivity index (χ0n) is 16.5. The van der Waals surface area contributed by atoms with Crippen LogP contribution >= 0.6 is 0 Å². The van der Waals surface area contributed by atoms with Gasteiger partial charge in [0.05, 0.1) is 18.6 Å². The zero-order chi connectivity index (χ0) is 21.8. The number of furan rings is 1. The number of para-hydroxylation sites is 1. The molecule has 1 N–H and O–H groups in total. The fourth-order valence-electron chi connectivity index (χ4n) is 2.99. The molecule has 0 spiro atoms. The van der Waals surface area contributed by atoms with E-state index in [9.17, 15) is 14.4 Å². The number of hydrogen-bond donors (Lipinski definition) is 1. The van der Waals surface area contributed by atoms with Gasteiger partial charge in [-0.3, -0.25) is 15.0 Å². The maximum Gasteiger partial charge on any atom is 0.379 e. The molecule has 1 saturated heterocycles. The Morgan fingerprint density at radius 2 is 1.87 bits per heavy atom. The van der Waals surface area contributed by atoms with Crippen molar-refractivity contribution >= 4 is 29.5 Å². The minimum Gasteiger partial charge on any atom is -0.490 e. The summed E-state index contributed by atoms with van der Waals surface area (Å²) >= 11 is 0. The summed E-state index contributed by atoms with van der Waals surface area (Å²) in [6, 6.07) is 16.6. The van der Waals surface area contributed by atoms with Gasteiger partial charge in [0.2, 0.25) is 5.76 Å². The van der Waals surface area contributed by atoms with Crippen LogP contribution in [0.25, 0.3) is 6.08 Å². The molecule has 0 unspecified atom stereocenters. The molecule has 1 aromatic heterocycles. The summed E-state index contributed by atoms with van der Waals surface area (Å²) in [7, 11) is 0. The minimum atomic E-state index is -0.666. The molecular weight excluding hydrogens is 400 g/mol. The van der Waals surface area contributed by atoms with E-state index in [2.05, 4.69) is 5.43 Å². The van der Waals surface area contributed by atoms with Crippen molar-refractivity contribution in [1.29, 1.82) is 0 Å². The molecule has 0 radical (unpaired) electrons. The van der Waals surface area contributed by atoms with E-state index in [1.807, 2.05) is 6.07 Å². The van der Waals surface area contributed by atoms with Crippen LogP contribution in [-0.4, -0.2) is 24.4 Å². The van der Waals surface area contributed by atoms with Crippen LogP contribution in [0.1, 0.15) is 23.0 Å². The molecule has 8 heteroatoms. The van der Waals surface area contributed by atoms with Crippen LogP contribution in [0.5, 0.6) is 11.5 Å². The van der Waals surface area contributed by atoms with Crippen molar-refractivity contribution in [2.45, 2.75) is 6.92 Å². The lowest BCUT2D eigenvalue weighted by Gasteiger charge is -2.14. The number of ether oxygens (including phenoxy) is 2. The van der Waals surface area contributed by atoms with Crippen molar-refractivity contribution < 1.29 is 28.3 Å². The average molecular weight is 418 g/mol. The lowest BCUT2D eigenvalue weighted by Crippen LogP contribution is -2.35. The van der Waals surface area contributed by atoms with E-state index in [1.54, 1.807) is 49.4 Å². The fourth-order valence-corrected chi connectivity index (χ4v) is 2.99. The molecular formula is C23H18N2O6. The summed E-state index contributed by atoms with van der Waals surface area (Å²) in [4.78, 5) is 37.3. The van der Waals surface area contributed by atoms with Crippen LogP contribution in [0.3, 0.4) is 0 Å². The van der Waals surface area contributed by atoms with Gasteiger partial charge in [0.15, 0.2) is 11.5 Å². The van der Waals surface area contributed by atoms with E-state index in [0.29, 0.717) is 23.6 Å². The van der Waals surface area contributed by atoms with Gasteiger partial charge in [0.1, 0.15) is 5.57 Å². The van der Waals surface area contributed by atoms with Gasteiger partial charge in [0.25, 0.3) is 11.8 Å². The number of benzene rings is 2. The number of hydrogen-bond acceptors (Lipinski definition) is 6. The smallest absolute Gasteiger partial charge is 0.379 e. The Morgan fingerprint density at radius 1 is 1.06 bits per heavy atom. The summed E-state index contributed by atoms with van der Waals surface area (Å²) in [5.41, 5.74) is 3.62. The van der Waals surface area contributed by atoms with E-state index in [-0.39, 0.29) is 17.1 Å². The highest BCUT2D eigenvalue weighted by atomic mass is 16.6. The monoisotopic (exact) mass is 418 g/mol. The van der Waals surface area contributed by atoms with E-state index < -0.39 is 17.8 Å². The first-order valence-corrected chi connectivity index (χ1v) is 9.51. The lowest BCUT2D eigenvalue weighted by atomic mass is 10.1. The Hall–Kier alpha value is -4.33. The predicted molar refractivity (Wildman–Crippen MR) is 111 cm³/mol. The number of amides is 2. The van der Waals surface area contributed by atoms with Crippen LogP contribution in [-0.2, 0) is 9.59 Å². The molecule has 2 heterocycles. The average Bonchev–Trinajstić information content (AvgIpc) is 3.41. The second-order valence-corrected chi connectivity index (χ2v) is 6.48. The molecule has 156 valence electrons. The van der Waals surface area contributed by atoms with Gasteiger partial charge in [-0.2, -0.15) is 0 Å². The third-order valence-electron chi connectivity index (χ3n) is 4.41. The molecule has 1 aliphatic rings. The topological polar surface area (TPSA) is 98.1 Å². The van der Waals surface area contributed by atoms with Crippen LogP contribution < -0.4 is 19.9 Å². The molecule has 0 bridgehead atoms. The van der Waals surface area contributed by atoms with Crippen molar-refractivity contribution in [3.05, 3.63) is 83.8 Å². The standard InChI is InChI=1S/C23H18N2O6/c1-2-29-20-14-15(10-11-18(20)31-23(28)19-9-6-12-30-19)13-17-21(26)24-25(22(17)27)16-7-4-3-5-8-16/h3-14H,2H2,1H3,(H,24,26)/b17-13-. The Morgan fingerprint density at radius 3 is 2.58 bits per heavy atom. The first-order valence-electron chi connectivity index (χ1n) is 9.51. The molecule has 4 rings (SSSR count). The summed E-state index contributed by atoms with van der Waals surface area (Å²) in [5, 5.41) is 1.19. The van der Waals surface area contributed by atoms with Crippen molar-refractivity contribution in [3.63, 3.8) is 0 Å². The highest BCUT2D eigenvalue weighted by Gasteiger charge is 2.34. The second kappa shape index (κ2) is 8.58. The van der Waals surface area contributed by atoms with Gasteiger partial charge >= 0.3 is 5.97 Å². The molecule has 2 aromatic carbocycles. The van der Waals surface area contributed by atoms with Gasteiger partial charge in [-0.15, -0.1) is 0 Å². The number of carbonyl (C=O) groups excluding carboxylic acids is 3. The van der Waals surface area contributed by atoms with Gasteiger partial charge in [-0.1, -0.05) is 24.3 Å². The van der Waals surface area contributed by atoms with Gasteiger partial charge < -0.3 is 13.9 Å². The zero-order valence-corrected chi connectivity index (χ0v) is 16.5. The third-order valence-corrected chi connectivity index (χ3v) is 4.41. The maximum absolute atomic E-state index is 12.7. The number of carbonyl (C=O) groups is 3. The highest BCUT2D eigenvalue weighted by molar-refractivity contribution is 6.31. The number of hydrazine groups is 1. The Balaban J connectivity index is 1.60. The van der Waals surface area contributed by atoms with Gasteiger partial charge in [0, 0.05) is 0 Å². The number of nitrogens with one attached hydrogen (secondary N) is 1. The number of anilines is 1. The van der Waals surface area contributed by atoms with E-state index in [4.69, 9.17) is 13.9 Å². The Kier molecular flexibility index (Phi) is 5.53. The first-order chi connectivity index (χ1) is 15.1. The summed E-state index contributed by atoms with van der Waals surface area (Å²) in [6.07, 6.45) is 2.83. The highest BCUT2D eigenvalue weighted by Crippen LogP contribution is 2.31. The van der Waals surface area contributed by atoms with Crippen molar-refractivity contribution in [2.24, 2.45) is 0 Å². The van der Waals surface area contributed by atoms with Crippen molar-refractivity contribution in [1.82, 2.24) is 5.43 Å². The van der Waals surface area contributed by atoms with Gasteiger partial charge in [-0.25, -0.2) is 9.80 Å². The molecule has 31 heavy (non-hydrogen) atoms. The molecule has 1 fully saturated rings. The molecule has 1 aliphatic heterocycles. The number of nitrogens with zero attached hydrogens (tertiary/aromatic N) is 1. The largest absolute Gasteiger partial charge is 0.490 e. The van der Waals surface area contributed by atoms with E-state index in [0.717, 1.165) is 0 Å². The predicted octanol–water partition coefficient (Wildman–Crippen LogP) is 3.36. The van der Waals surface area contributed by atoms with Crippen molar-refractivity contribution in [3.8, 4) is 11.5 Å². The SMILES string of the molecule is CCOc1cc(/C=C2/C(=O)NN(c3ccccc3)C2=O)ccc1OC(=O)c1ccco1. The van der Waals surface area contributed by atoms with E-state index in [1.165, 1.54) is 29.5 Å².